The maximum atomic E-state index is 12.1. The van der Waals surface area contributed by atoms with Crippen LogP contribution >= 0.6 is 11.3 Å². The van der Waals surface area contributed by atoms with Crippen molar-refractivity contribution in [2.24, 2.45) is 5.92 Å². The molecule has 0 saturated carbocycles. The third-order valence-corrected chi connectivity index (χ3v) is 5.20. The highest BCUT2D eigenvalue weighted by Crippen LogP contribution is 2.40. The third kappa shape index (κ3) is 3.13. The zero-order valence-electron chi connectivity index (χ0n) is 12.6. The van der Waals surface area contributed by atoms with Gasteiger partial charge in [0, 0.05) is 19.6 Å². The molecule has 0 aliphatic carbocycles. The normalized spacial score (nSPS) is 17.8. The number of thiophene rings is 1. The Labute approximate surface area is 129 Å². The van der Waals surface area contributed by atoms with E-state index in [4.69, 9.17) is 5.73 Å². The molecular formula is C15H22N4OS. The number of nitrogens with two attached hydrogens (primary N) is 1. The van der Waals surface area contributed by atoms with Crippen LogP contribution in [0.1, 0.15) is 48.3 Å². The largest absolute Gasteiger partial charge is 0.396 e. The maximum absolute atomic E-state index is 12.1. The molecule has 1 aliphatic rings. The van der Waals surface area contributed by atoms with Crippen molar-refractivity contribution in [3.05, 3.63) is 10.4 Å². The highest BCUT2D eigenvalue weighted by atomic mass is 32.1. The van der Waals surface area contributed by atoms with Gasteiger partial charge in [-0.2, -0.15) is 5.26 Å². The quantitative estimate of drug-likeness (QED) is 0.876. The molecule has 114 valence electrons. The zero-order chi connectivity index (χ0) is 15.4. The average molecular weight is 306 g/mol. The van der Waals surface area contributed by atoms with Crippen LogP contribution in [0.15, 0.2) is 0 Å². The molecule has 0 bridgehead atoms. The molecule has 0 spiro atoms. The van der Waals surface area contributed by atoms with Crippen LogP contribution < -0.4 is 16.0 Å². The summed E-state index contributed by atoms with van der Waals surface area (Å²) >= 11 is 1.35. The van der Waals surface area contributed by atoms with Gasteiger partial charge in [-0.1, -0.05) is 20.3 Å². The SMILES string of the molecule is CCCNC(=O)c1sc(N2CCC(CC)C2)c(C#N)c1N. The van der Waals surface area contributed by atoms with Gasteiger partial charge in [-0.15, -0.1) is 11.3 Å². The van der Waals surface area contributed by atoms with Crippen LogP contribution in [0.3, 0.4) is 0 Å². The number of anilines is 2. The van der Waals surface area contributed by atoms with Crippen molar-refractivity contribution in [2.45, 2.75) is 33.1 Å². The molecule has 1 fully saturated rings. The summed E-state index contributed by atoms with van der Waals surface area (Å²) < 4.78 is 0. The van der Waals surface area contributed by atoms with E-state index < -0.39 is 0 Å². The lowest BCUT2D eigenvalue weighted by molar-refractivity contribution is 0.0958. The van der Waals surface area contributed by atoms with Gasteiger partial charge >= 0.3 is 0 Å². The number of hydrogen-bond donors (Lipinski definition) is 2. The molecule has 5 nitrogen and oxygen atoms in total. The van der Waals surface area contributed by atoms with Crippen LogP contribution in [0, 0.1) is 17.2 Å². The van der Waals surface area contributed by atoms with E-state index in [0.717, 1.165) is 37.4 Å². The number of nitrogens with zero attached hydrogens (tertiary/aromatic N) is 2. The predicted octanol–water partition coefficient (Wildman–Crippen LogP) is 2.58. The highest BCUT2D eigenvalue weighted by Gasteiger charge is 2.28. The highest BCUT2D eigenvalue weighted by molar-refractivity contribution is 7.19. The lowest BCUT2D eigenvalue weighted by atomic mass is 10.1. The van der Waals surface area contributed by atoms with Crippen molar-refractivity contribution in [3.63, 3.8) is 0 Å². The van der Waals surface area contributed by atoms with Crippen LogP contribution in [0.4, 0.5) is 10.7 Å². The second-order valence-electron chi connectivity index (χ2n) is 5.40. The Balaban J connectivity index is 2.27. The Hall–Kier alpha value is -1.74. The number of rotatable bonds is 5. The van der Waals surface area contributed by atoms with Gasteiger partial charge < -0.3 is 16.0 Å². The summed E-state index contributed by atoms with van der Waals surface area (Å²) in [5.74, 6) is 0.491. The molecule has 1 amide bonds. The molecular weight excluding hydrogens is 284 g/mol. The Kier molecular flexibility index (Phi) is 5.07. The van der Waals surface area contributed by atoms with Gasteiger partial charge in [0.25, 0.3) is 5.91 Å². The van der Waals surface area contributed by atoms with Gasteiger partial charge in [0.1, 0.15) is 21.5 Å². The van der Waals surface area contributed by atoms with E-state index in [1.165, 1.54) is 11.3 Å². The molecule has 2 heterocycles. The number of carbonyl (C=O) groups is 1. The van der Waals surface area contributed by atoms with Gasteiger partial charge in [-0.3, -0.25) is 4.79 Å². The number of nitriles is 1. The number of carbonyl (C=O) groups excluding carboxylic acids is 1. The topological polar surface area (TPSA) is 82.2 Å². The molecule has 3 N–H and O–H groups in total. The van der Waals surface area contributed by atoms with Gasteiger partial charge in [0.15, 0.2) is 0 Å². The minimum absolute atomic E-state index is 0.173. The Morgan fingerprint density at radius 2 is 2.33 bits per heavy atom. The number of hydrogen-bond acceptors (Lipinski definition) is 5. The molecule has 1 aliphatic heterocycles. The average Bonchev–Trinajstić information content (AvgIpc) is 3.08. The monoisotopic (exact) mass is 306 g/mol. The van der Waals surface area contributed by atoms with Crippen molar-refractivity contribution in [1.82, 2.24) is 5.32 Å². The molecule has 0 aromatic carbocycles. The van der Waals surface area contributed by atoms with Crippen molar-refractivity contribution >= 4 is 27.9 Å². The Morgan fingerprint density at radius 1 is 1.57 bits per heavy atom. The minimum Gasteiger partial charge on any atom is -0.396 e. The third-order valence-electron chi connectivity index (χ3n) is 3.93. The molecule has 2 rings (SSSR count). The van der Waals surface area contributed by atoms with Crippen LogP contribution in [-0.4, -0.2) is 25.5 Å². The molecule has 1 atom stereocenters. The molecule has 1 unspecified atom stereocenters. The predicted molar refractivity (Wildman–Crippen MR) is 86.7 cm³/mol. The second-order valence-corrected chi connectivity index (χ2v) is 6.40. The van der Waals surface area contributed by atoms with E-state index in [9.17, 15) is 10.1 Å². The Morgan fingerprint density at radius 3 is 2.90 bits per heavy atom. The van der Waals surface area contributed by atoms with E-state index in [-0.39, 0.29) is 5.91 Å². The van der Waals surface area contributed by atoms with Crippen LogP contribution in [0.2, 0.25) is 0 Å². The molecule has 6 heteroatoms. The summed E-state index contributed by atoms with van der Waals surface area (Å²) in [6.45, 7) is 6.68. The van der Waals surface area contributed by atoms with Gasteiger partial charge in [-0.25, -0.2) is 0 Å². The summed E-state index contributed by atoms with van der Waals surface area (Å²) in [4.78, 5) is 14.8. The summed E-state index contributed by atoms with van der Waals surface area (Å²) in [6.07, 6.45) is 3.15. The first-order valence-corrected chi connectivity index (χ1v) is 8.29. The maximum Gasteiger partial charge on any atom is 0.263 e. The van der Waals surface area contributed by atoms with Gasteiger partial charge in [-0.05, 0) is 18.8 Å². The summed E-state index contributed by atoms with van der Waals surface area (Å²) in [5.41, 5.74) is 6.80. The first kappa shape index (κ1) is 15.6. The van der Waals surface area contributed by atoms with Gasteiger partial charge in [0.05, 0.1) is 5.69 Å². The smallest absolute Gasteiger partial charge is 0.263 e. The van der Waals surface area contributed by atoms with E-state index in [0.29, 0.717) is 28.6 Å². The number of nitrogens with one attached hydrogen (secondary N) is 1. The van der Waals surface area contributed by atoms with Crippen LogP contribution in [0.5, 0.6) is 0 Å². The molecule has 1 saturated heterocycles. The van der Waals surface area contributed by atoms with E-state index in [2.05, 4.69) is 23.2 Å². The Bertz CT molecular complexity index is 561. The fraction of sp³-hybridized carbons (Fsp3) is 0.600. The summed E-state index contributed by atoms with van der Waals surface area (Å²) in [7, 11) is 0. The lowest BCUT2D eigenvalue weighted by Crippen LogP contribution is -2.23. The molecule has 1 aromatic rings. The van der Waals surface area contributed by atoms with Crippen molar-refractivity contribution < 1.29 is 4.79 Å². The van der Waals surface area contributed by atoms with Crippen molar-refractivity contribution in [3.8, 4) is 6.07 Å². The fourth-order valence-electron chi connectivity index (χ4n) is 2.60. The van der Waals surface area contributed by atoms with E-state index >= 15 is 0 Å². The summed E-state index contributed by atoms with van der Waals surface area (Å²) in [6, 6.07) is 2.17. The standard InChI is InChI=1S/C15H22N4OS/c1-3-6-18-14(20)13-12(17)11(8-16)15(21-13)19-7-5-10(4-2)9-19/h10H,3-7,9,17H2,1-2H3,(H,18,20). The van der Waals surface area contributed by atoms with Crippen LogP contribution in [-0.2, 0) is 0 Å². The van der Waals surface area contributed by atoms with E-state index in [1.807, 2.05) is 6.92 Å². The molecule has 0 radical (unpaired) electrons. The molecule has 1 aromatic heterocycles. The van der Waals surface area contributed by atoms with Crippen molar-refractivity contribution in [2.75, 3.05) is 30.3 Å². The minimum atomic E-state index is -0.173. The van der Waals surface area contributed by atoms with Crippen LogP contribution in [0.25, 0.3) is 0 Å². The van der Waals surface area contributed by atoms with Crippen molar-refractivity contribution in [1.29, 1.82) is 5.26 Å². The number of amides is 1. The number of nitrogen functional groups attached to an aromatic ring is 1. The fourth-order valence-corrected chi connectivity index (χ4v) is 3.72. The van der Waals surface area contributed by atoms with Gasteiger partial charge in [0.2, 0.25) is 0 Å². The van der Waals surface area contributed by atoms with E-state index in [1.54, 1.807) is 0 Å². The summed E-state index contributed by atoms with van der Waals surface area (Å²) in [5, 5.41) is 13.1. The molecule has 21 heavy (non-hydrogen) atoms. The first-order valence-electron chi connectivity index (χ1n) is 7.47. The first-order chi connectivity index (χ1) is 10.1. The lowest BCUT2D eigenvalue weighted by Gasteiger charge is -2.16. The zero-order valence-corrected chi connectivity index (χ0v) is 13.4. The second kappa shape index (κ2) is 6.81.